The van der Waals surface area contributed by atoms with E-state index in [-0.39, 0.29) is 22.8 Å². The van der Waals surface area contributed by atoms with Crippen molar-refractivity contribution in [2.45, 2.75) is 57.5 Å². The second kappa shape index (κ2) is 12.2. The molecule has 3 rings (SSSR count). The molecule has 2 aliphatic rings. The van der Waals surface area contributed by atoms with Gasteiger partial charge in [-0.25, -0.2) is 16.8 Å². The summed E-state index contributed by atoms with van der Waals surface area (Å²) < 4.78 is 127. The molecule has 1 aromatic rings. The maximum absolute atomic E-state index is 13.0. The number of nitrogens with zero attached hydrogens (tertiary/aromatic N) is 1. The third-order valence-electron chi connectivity index (χ3n) is 6.83. The quantitative estimate of drug-likeness (QED) is 0.192. The van der Waals surface area contributed by atoms with Gasteiger partial charge in [-0.2, -0.15) is 26.3 Å². The van der Waals surface area contributed by atoms with Crippen LogP contribution in [0, 0.1) is 5.41 Å². The molecular formula is C26H33F6N2O4S2+. The Hall–Kier alpha value is -2.45. The third-order valence-corrected chi connectivity index (χ3v) is 10.0. The molecule has 6 nitrogen and oxygen atoms in total. The van der Waals surface area contributed by atoms with Crippen molar-refractivity contribution < 1.29 is 47.7 Å². The van der Waals surface area contributed by atoms with Gasteiger partial charge in [0.05, 0.1) is 37.3 Å². The van der Waals surface area contributed by atoms with Crippen LogP contribution in [0.5, 0.6) is 0 Å². The molecule has 14 heteroatoms. The van der Waals surface area contributed by atoms with Gasteiger partial charge in [0.15, 0.2) is 0 Å². The first-order valence-corrected chi connectivity index (χ1v) is 15.6. The van der Waals surface area contributed by atoms with E-state index in [0.717, 1.165) is 6.08 Å². The molecule has 1 unspecified atom stereocenters. The van der Waals surface area contributed by atoms with Crippen LogP contribution < -0.4 is 0 Å². The lowest BCUT2D eigenvalue weighted by atomic mass is 9.95. The second-order valence-electron chi connectivity index (χ2n) is 9.76. The molecule has 0 spiro atoms. The molecule has 0 aromatic heterocycles. The standard InChI is InChI=1S/C15H7F6NO4S2.C11H26N/c16-14(17,18)27(23,24)11-6-9-8-4-2-1-3-7(8)5-10(9)12(22)13(11)28(25,26)15(19,20)21;1-5-8-9-11-12(4,7-3)10-6-2/h1-6,22H;5-11H2,1-4H3/q;+1. The first-order valence-electron chi connectivity index (χ1n) is 12.6. The number of halogens is 6. The van der Waals surface area contributed by atoms with Crippen LogP contribution in [0.3, 0.4) is 0 Å². The highest BCUT2D eigenvalue weighted by Gasteiger charge is 2.57. The van der Waals surface area contributed by atoms with Crippen LogP contribution in [0.25, 0.3) is 11.6 Å². The molecule has 0 saturated carbocycles. The lowest BCUT2D eigenvalue weighted by molar-refractivity contribution is -0.908. The van der Waals surface area contributed by atoms with Gasteiger partial charge in [-0.05, 0) is 55.0 Å². The number of unbranched alkanes of at least 4 members (excludes halogenated alkanes) is 2. The van der Waals surface area contributed by atoms with Gasteiger partial charge in [-0.3, -0.25) is 5.41 Å². The largest absolute Gasteiger partial charge is 0.502 e. The fourth-order valence-corrected chi connectivity index (χ4v) is 6.93. The average molecular weight is 616 g/mol. The van der Waals surface area contributed by atoms with E-state index in [0.29, 0.717) is 0 Å². The van der Waals surface area contributed by atoms with Crippen molar-refractivity contribution in [3.8, 4) is 0 Å². The summed E-state index contributed by atoms with van der Waals surface area (Å²) in [5.74, 6) is 0. The van der Waals surface area contributed by atoms with Gasteiger partial charge in [-0.1, -0.05) is 44.5 Å². The number of hydrogen-bond donors (Lipinski definition) is 1. The minimum atomic E-state index is -6.58. The van der Waals surface area contributed by atoms with Crippen LogP contribution in [-0.4, -0.2) is 64.7 Å². The average Bonchev–Trinajstić information content (AvgIpc) is 3.22. The van der Waals surface area contributed by atoms with E-state index in [1.807, 2.05) is 0 Å². The molecule has 1 aromatic carbocycles. The number of nitrogens with one attached hydrogen (secondary N) is 1. The van der Waals surface area contributed by atoms with Crippen LogP contribution in [-0.2, 0) is 19.7 Å². The normalized spacial score (nSPS) is 17.3. The second-order valence-corrected chi connectivity index (χ2v) is 13.5. The van der Waals surface area contributed by atoms with Crippen LogP contribution in [0.15, 0.2) is 45.7 Å². The molecular weight excluding hydrogens is 582 g/mol. The summed E-state index contributed by atoms with van der Waals surface area (Å²) in [6.45, 7) is 10.9. The molecule has 0 amide bonds. The molecule has 224 valence electrons. The molecule has 0 bridgehead atoms. The Bertz CT molecular complexity index is 1440. The summed E-state index contributed by atoms with van der Waals surface area (Å²) in [6, 6.07) is 5.69. The Balaban J connectivity index is 0.000000395. The molecule has 1 N–H and O–H groups in total. The topological polar surface area (TPSA) is 92.1 Å². The van der Waals surface area contributed by atoms with E-state index in [2.05, 4.69) is 27.8 Å². The number of quaternary nitrogens is 1. The van der Waals surface area contributed by atoms with Crippen molar-refractivity contribution >= 4 is 37.0 Å². The highest BCUT2D eigenvalue weighted by Crippen LogP contribution is 2.47. The first-order chi connectivity index (χ1) is 18.3. The maximum Gasteiger partial charge on any atom is 0.502 e. The van der Waals surface area contributed by atoms with Gasteiger partial charge < -0.3 is 4.48 Å². The fourth-order valence-electron chi connectivity index (χ4n) is 4.47. The summed E-state index contributed by atoms with van der Waals surface area (Å²) in [6.07, 6.45) is 6.79. The van der Waals surface area contributed by atoms with Gasteiger partial charge in [0, 0.05) is 5.57 Å². The summed E-state index contributed by atoms with van der Waals surface area (Å²) in [4.78, 5) is -4.38. The number of alkyl halides is 6. The molecule has 2 aliphatic carbocycles. The summed E-state index contributed by atoms with van der Waals surface area (Å²) >= 11 is 0. The van der Waals surface area contributed by atoms with E-state index in [1.54, 1.807) is 0 Å². The molecule has 0 heterocycles. The predicted octanol–water partition coefficient (Wildman–Crippen LogP) is 6.63. The summed E-state index contributed by atoms with van der Waals surface area (Å²) in [5.41, 5.74) is -13.9. The van der Waals surface area contributed by atoms with E-state index < -0.39 is 51.8 Å². The smallest absolute Gasteiger partial charge is 0.326 e. The number of sulfone groups is 2. The number of hydrogen-bond acceptors (Lipinski definition) is 5. The van der Waals surface area contributed by atoms with Crippen molar-refractivity contribution in [3.05, 3.63) is 56.9 Å². The lowest BCUT2D eigenvalue weighted by Gasteiger charge is -2.33. The number of benzene rings is 1. The molecule has 40 heavy (non-hydrogen) atoms. The minimum Gasteiger partial charge on any atom is -0.326 e. The van der Waals surface area contributed by atoms with E-state index in [4.69, 9.17) is 5.41 Å². The van der Waals surface area contributed by atoms with Crippen molar-refractivity contribution in [2.75, 3.05) is 26.7 Å². The maximum atomic E-state index is 13.0. The molecule has 1 atom stereocenters. The van der Waals surface area contributed by atoms with Gasteiger partial charge in [0.1, 0.15) is 4.91 Å². The number of allylic oxidation sites excluding steroid dienone is 4. The zero-order valence-corrected chi connectivity index (χ0v) is 24.2. The van der Waals surface area contributed by atoms with Gasteiger partial charge in [-0.15, -0.1) is 0 Å². The highest BCUT2D eigenvalue weighted by molar-refractivity contribution is 8.00. The van der Waals surface area contributed by atoms with E-state index in [9.17, 15) is 43.2 Å². The highest BCUT2D eigenvalue weighted by atomic mass is 32.2. The van der Waals surface area contributed by atoms with Crippen molar-refractivity contribution in [1.29, 1.82) is 5.41 Å². The van der Waals surface area contributed by atoms with Gasteiger partial charge >= 0.3 is 11.0 Å². The fraction of sp³-hybridized carbons (Fsp3) is 0.500. The Kier molecular flexibility index (Phi) is 10.3. The Morgan fingerprint density at radius 3 is 1.85 bits per heavy atom. The lowest BCUT2D eigenvalue weighted by Crippen LogP contribution is -2.45. The monoisotopic (exact) mass is 615 g/mol. The van der Waals surface area contributed by atoms with Crippen LogP contribution >= 0.6 is 0 Å². The number of fused-ring (bicyclic) bond motifs is 3. The van der Waals surface area contributed by atoms with E-state index in [1.165, 1.54) is 74.1 Å². The Morgan fingerprint density at radius 1 is 0.775 bits per heavy atom. The van der Waals surface area contributed by atoms with Gasteiger partial charge in [0.25, 0.3) is 19.7 Å². The van der Waals surface area contributed by atoms with Crippen LogP contribution in [0.4, 0.5) is 26.3 Å². The minimum absolute atomic E-state index is 0.153. The molecule has 0 aliphatic heterocycles. The first kappa shape index (κ1) is 33.8. The van der Waals surface area contributed by atoms with Crippen LogP contribution in [0.2, 0.25) is 0 Å². The van der Waals surface area contributed by atoms with Gasteiger partial charge in [0.2, 0.25) is 0 Å². The van der Waals surface area contributed by atoms with E-state index >= 15 is 0 Å². The Morgan fingerprint density at radius 2 is 1.35 bits per heavy atom. The molecule has 0 radical (unpaired) electrons. The predicted molar refractivity (Wildman–Crippen MR) is 143 cm³/mol. The van der Waals surface area contributed by atoms with Crippen molar-refractivity contribution in [3.63, 3.8) is 0 Å². The number of rotatable bonds is 9. The SMILES string of the molecule is CCCCC[N+](C)(CC)CCC.N=C1C2=Cc3ccccc3C2=CC(S(=O)(=O)C(F)(F)F)=C1S(=O)(=O)C(F)(F)F. The Labute approximate surface area is 231 Å². The molecule has 0 fully saturated rings. The third kappa shape index (κ3) is 6.71. The van der Waals surface area contributed by atoms with Crippen molar-refractivity contribution in [2.24, 2.45) is 0 Å². The zero-order valence-electron chi connectivity index (χ0n) is 22.6. The van der Waals surface area contributed by atoms with Crippen LogP contribution in [0.1, 0.15) is 57.6 Å². The zero-order chi connectivity index (χ0) is 30.7. The molecule has 0 saturated heterocycles. The summed E-state index contributed by atoms with van der Waals surface area (Å²) in [5, 5.41) is 7.82. The summed E-state index contributed by atoms with van der Waals surface area (Å²) in [7, 11) is -10.7. The van der Waals surface area contributed by atoms with Crippen molar-refractivity contribution in [1.82, 2.24) is 0 Å².